The summed E-state index contributed by atoms with van der Waals surface area (Å²) < 4.78 is 26.1. The highest BCUT2D eigenvalue weighted by atomic mass is 32.2. The number of para-hydroxylation sites is 1. The Balaban J connectivity index is 3.50. The first-order chi connectivity index (χ1) is 9.27. The molecular formula is C11H18N4O4S. The van der Waals surface area contributed by atoms with Crippen LogP contribution in [0.25, 0.3) is 0 Å². The quantitative estimate of drug-likeness (QED) is 0.464. The molecule has 0 aromatic heterocycles. The van der Waals surface area contributed by atoms with Crippen LogP contribution in [0.1, 0.15) is 20.3 Å². The zero-order chi connectivity index (χ0) is 15.5. The van der Waals surface area contributed by atoms with Crippen molar-refractivity contribution in [2.24, 2.45) is 5.84 Å². The molecule has 1 unspecified atom stereocenters. The van der Waals surface area contributed by atoms with Gasteiger partial charge in [-0.2, -0.15) is 4.31 Å². The van der Waals surface area contributed by atoms with Gasteiger partial charge in [0.25, 0.3) is 0 Å². The van der Waals surface area contributed by atoms with Gasteiger partial charge in [0.2, 0.25) is 10.0 Å². The number of anilines is 1. The molecule has 0 amide bonds. The third-order valence-electron chi connectivity index (χ3n) is 3.21. The first-order valence-corrected chi connectivity index (χ1v) is 7.43. The van der Waals surface area contributed by atoms with Crippen LogP contribution in [-0.4, -0.2) is 30.7 Å². The van der Waals surface area contributed by atoms with Crippen LogP contribution in [0.4, 0.5) is 11.4 Å². The Morgan fingerprint density at radius 3 is 2.55 bits per heavy atom. The molecule has 8 nitrogen and oxygen atoms in total. The molecule has 1 atom stereocenters. The van der Waals surface area contributed by atoms with Crippen LogP contribution in [0.2, 0.25) is 0 Å². The molecule has 0 aliphatic carbocycles. The van der Waals surface area contributed by atoms with Crippen LogP contribution >= 0.6 is 0 Å². The van der Waals surface area contributed by atoms with Crippen molar-refractivity contribution in [2.75, 3.05) is 12.5 Å². The van der Waals surface area contributed by atoms with E-state index in [-0.39, 0.29) is 16.6 Å². The summed E-state index contributed by atoms with van der Waals surface area (Å²) in [4.78, 5) is 10.0. The van der Waals surface area contributed by atoms with Crippen molar-refractivity contribution in [3.63, 3.8) is 0 Å². The molecule has 0 fully saturated rings. The van der Waals surface area contributed by atoms with Crippen LogP contribution in [0, 0.1) is 10.1 Å². The maximum absolute atomic E-state index is 12.5. The van der Waals surface area contributed by atoms with E-state index in [0.717, 1.165) is 4.31 Å². The molecule has 0 aliphatic rings. The smallest absolute Gasteiger partial charge is 0.313 e. The van der Waals surface area contributed by atoms with Gasteiger partial charge < -0.3 is 5.43 Å². The normalized spacial score (nSPS) is 13.2. The van der Waals surface area contributed by atoms with Crippen molar-refractivity contribution >= 4 is 21.4 Å². The molecule has 0 saturated heterocycles. The van der Waals surface area contributed by atoms with Crippen LogP contribution in [0.5, 0.6) is 0 Å². The Labute approximate surface area is 117 Å². The third kappa shape index (κ3) is 2.89. The van der Waals surface area contributed by atoms with E-state index in [2.05, 4.69) is 5.43 Å². The summed E-state index contributed by atoms with van der Waals surface area (Å²) in [5, 5.41) is 11.1. The first kappa shape index (κ1) is 16.3. The van der Waals surface area contributed by atoms with Crippen molar-refractivity contribution in [2.45, 2.75) is 31.2 Å². The maximum Gasteiger partial charge on any atom is 0.313 e. The molecule has 1 rings (SSSR count). The van der Waals surface area contributed by atoms with Gasteiger partial charge in [0.1, 0.15) is 5.69 Å². The van der Waals surface area contributed by atoms with Gasteiger partial charge in [-0.05, 0) is 25.5 Å². The molecule has 9 heteroatoms. The molecule has 0 bridgehead atoms. The van der Waals surface area contributed by atoms with Gasteiger partial charge in [-0.25, -0.2) is 8.42 Å². The Bertz CT molecular complexity index is 602. The fraction of sp³-hybridized carbons (Fsp3) is 0.455. The SMILES string of the molecule is CCC(C)N(C)S(=O)(=O)c1cccc(NN)c1[N+](=O)[O-]. The molecule has 20 heavy (non-hydrogen) atoms. The van der Waals surface area contributed by atoms with Gasteiger partial charge in [-0.3, -0.25) is 16.0 Å². The van der Waals surface area contributed by atoms with Crippen molar-refractivity contribution < 1.29 is 13.3 Å². The van der Waals surface area contributed by atoms with E-state index in [4.69, 9.17) is 5.84 Å². The molecule has 0 aliphatic heterocycles. The number of hydrogen-bond acceptors (Lipinski definition) is 6. The van der Waals surface area contributed by atoms with Crippen molar-refractivity contribution in [1.29, 1.82) is 0 Å². The number of rotatable bonds is 6. The molecule has 0 heterocycles. The number of nitrogens with two attached hydrogens (primary N) is 1. The number of nitro benzene ring substituents is 1. The summed E-state index contributed by atoms with van der Waals surface area (Å²) in [6.45, 7) is 3.57. The number of hydrazine groups is 1. The lowest BCUT2D eigenvalue weighted by molar-refractivity contribution is -0.386. The highest BCUT2D eigenvalue weighted by molar-refractivity contribution is 7.89. The standard InChI is InChI=1S/C11H18N4O4S/c1-4-8(2)14(3)20(18,19)10-7-5-6-9(13-12)11(10)15(16)17/h5-8,13H,4,12H2,1-3H3. The minimum absolute atomic E-state index is 0.0476. The Morgan fingerprint density at radius 2 is 2.10 bits per heavy atom. The zero-order valence-electron chi connectivity index (χ0n) is 11.5. The number of nitrogens with one attached hydrogen (secondary N) is 1. The van der Waals surface area contributed by atoms with E-state index < -0.39 is 20.6 Å². The fourth-order valence-electron chi connectivity index (χ4n) is 1.68. The second-order valence-corrected chi connectivity index (χ2v) is 6.30. The molecule has 1 aromatic carbocycles. The van der Waals surface area contributed by atoms with Crippen LogP contribution in [0.3, 0.4) is 0 Å². The Kier molecular flexibility index (Phi) is 5.03. The van der Waals surface area contributed by atoms with E-state index in [1.54, 1.807) is 6.92 Å². The summed E-state index contributed by atoms with van der Waals surface area (Å²) >= 11 is 0. The first-order valence-electron chi connectivity index (χ1n) is 5.99. The predicted octanol–water partition coefficient (Wildman–Crippen LogP) is 1.30. The second kappa shape index (κ2) is 6.16. The third-order valence-corrected chi connectivity index (χ3v) is 5.21. The minimum atomic E-state index is -3.96. The van der Waals surface area contributed by atoms with Gasteiger partial charge in [-0.1, -0.05) is 13.0 Å². The molecule has 0 saturated carbocycles. The summed E-state index contributed by atoms with van der Waals surface area (Å²) in [6, 6.07) is 3.68. The number of nitrogens with zero attached hydrogens (tertiary/aromatic N) is 2. The zero-order valence-corrected chi connectivity index (χ0v) is 12.3. The average molecular weight is 302 g/mol. The van der Waals surface area contributed by atoms with Gasteiger partial charge in [0, 0.05) is 13.1 Å². The summed E-state index contributed by atoms with van der Waals surface area (Å²) in [5.41, 5.74) is 1.55. The molecule has 112 valence electrons. The number of benzene rings is 1. The number of nitrogen functional groups attached to an aromatic ring is 1. The van der Waals surface area contributed by atoms with Gasteiger partial charge in [0.15, 0.2) is 4.90 Å². The van der Waals surface area contributed by atoms with Crippen molar-refractivity contribution in [3.05, 3.63) is 28.3 Å². The van der Waals surface area contributed by atoms with Crippen molar-refractivity contribution in [3.8, 4) is 0 Å². The Morgan fingerprint density at radius 1 is 1.50 bits per heavy atom. The lowest BCUT2D eigenvalue weighted by Crippen LogP contribution is -2.35. The van der Waals surface area contributed by atoms with Gasteiger partial charge >= 0.3 is 5.69 Å². The molecule has 0 spiro atoms. The monoisotopic (exact) mass is 302 g/mol. The van der Waals surface area contributed by atoms with Crippen LogP contribution < -0.4 is 11.3 Å². The molecule has 0 radical (unpaired) electrons. The maximum atomic E-state index is 12.5. The van der Waals surface area contributed by atoms with E-state index in [1.165, 1.54) is 25.2 Å². The second-order valence-electron chi connectivity index (χ2n) is 4.33. The number of sulfonamides is 1. The lowest BCUT2D eigenvalue weighted by Gasteiger charge is -2.23. The van der Waals surface area contributed by atoms with E-state index in [0.29, 0.717) is 6.42 Å². The minimum Gasteiger partial charge on any atom is -0.318 e. The summed E-state index contributed by atoms with van der Waals surface area (Å²) in [5.74, 6) is 5.20. The fourth-order valence-corrected chi connectivity index (χ4v) is 3.30. The summed E-state index contributed by atoms with van der Waals surface area (Å²) in [7, 11) is -2.56. The molecular weight excluding hydrogens is 284 g/mol. The van der Waals surface area contributed by atoms with Gasteiger partial charge in [0.05, 0.1) is 4.92 Å². The van der Waals surface area contributed by atoms with Crippen molar-refractivity contribution in [1.82, 2.24) is 4.31 Å². The van der Waals surface area contributed by atoms with E-state index >= 15 is 0 Å². The highest BCUT2D eigenvalue weighted by Gasteiger charge is 2.33. The number of nitro groups is 1. The van der Waals surface area contributed by atoms with E-state index in [9.17, 15) is 18.5 Å². The van der Waals surface area contributed by atoms with Crippen LogP contribution in [-0.2, 0) is 10.0 Å². The van der Waals surface area contributed by atoms with E-state index in [1.807, 2.05) is 6.92 Å². The predicted molar refractivity (Wildman–Crippen MR) is 75.6 cm³/mol. The topological polar surface area (TPSA) is 119 Å². The molecule has 3 N–H and O–H groups in total. The summed E-state index contributed by atoms with van der Waals surface area (Å²) in [6.07, 6.45) is 0.596. The highest BCUT2D eigenvalue weighted by Crippen LogP contribution is 2.33. The van der Waals surface area contributed by atoms with Gasteiger partial charge in [-0.15, -0.1) is 0 Å². The average Bonchev–Trinajstić information content (AvgIpc) is 2.44. The lowest BCUT2D eigenvalue weighted by atomic mass is 10.3. The number of hydrogen-bond donors (Lipinski definition) is 2. The molecule has 1 aromatic rings. The largest absolute Gasteiger partial charge is 0.318 e. The van der Waals surface area contributed by atoms with Crippen LogP contribution in [0.15, 0.2) is 23.1 Å². The Hall–Kier alpha value is -1.71.